The minimum absolute atomic E-state index is 0.174. The molecule has 2 aliphatic rings. The third-order valence-electron chi connectivity index (χ3n) is 4.39. The number of piperidine rings is 1. The van der Waals surface area contributed by atoms with Crippen molar-refractivity contribution < 1.29 is 22.3 Å². The minimum atomic E-state index is -4.01. The Balaban J connectivity index is 1.63. The zero-order chi connectivity index (χ0) is 17.4. The second-order valence-electron chi connectivity index (χ2n) is 6.17. The van der Waals surface area contributed by atoms with E-state index in [4.69, 9.17) is 14.6 Å². The number of aromatic nitrogens is 1. The Labute approximate surface area is 148 Å². The van der Waals surface area contributed by atoms with Gasteiger partial charge in [-0.05, 0) is 34.8 Å². The lowest BCUT2D eigenvalue weighted by atomic mass is 9.93. The summed E-state index contributed by atoms with van der Waals surface area (Å²) in [6.45, 7) is 2.42. The molecule has 24 heavy (non-hydrogen) atoms. The van der Waals surface area contributed by atoms with Gasteiger partial charge in [0.15, 0.2) is 0 Å². The van der Waals surface area contributed by atoms with Crippen LogP contribution in [-0.4, -0.2) is 62.9 Å². The van der Waals surface area contributed by atoms with E-state index in [2.05, 4.69) is 25.8 Å². The van der Waals surface area contributed by atoms with E-state index in [0.29, 0.717) is 49.7 Å². The van der Waals surface area contributed by atoms with Gasteiger partial charge in [0, 0.05) is 23.8 Å². The standard InChI is InChI=1S/C14H19BrFN3O4S/c15-10-5-12(24(17,20)21)13(18-6-10)23-9-14(16)1-3-19(4-2-14)11-7-22-8-11/h5-6,11H,1-4,7-9H2,(H2,17,20,21). The fraction of sp³-hybridized carbons (Fsp3) is 0.643. The van der Waals surface area contributed by atoms with Crippen molar-refractivity contribution in [2.75, 3.05) is 32.9 Å². The maximum Gasteiger partial charge on any atom is 0.243 e. The predicted molar refractivity (Wildman–Crippen MR) is 88.1 cm³/mol. The van der Waals surface area contributed by atoms with Gasteiger partial charge in [-0.25, -0.2) is 22.9 Å². The first-order valence-electron chi connectivity index (χ1n) is 7.59. The number of halogens is 2. The van der Waals surface area contributed by atoms with Crippen molar-refractivity contribution in [3.05, 3.63) is 16.7 Å². The Hall–Kier alpha value is -0.810. The van der Waals surface area contributed by atoms with Crippen LogP contribution in [-0.2, 0) is 14.8 Å². The largest absolute Gasteiger partial charge is 0.473 e. The van der Waals surface area contributed by atoms with Crippen molar-refractivity contribution >= 4 is 26.0 Å². The maximum atomic E-state index is 14.9. The highest BCUT2D eigenvalue weighted by molar-refractivity contribution is 9.10. The Morgan fingerprint density at radius 1 is 1.46 bits per heavy atom. The van der Waals surface area contributed by atoms with Crippen molar-refractivity contribution in [3.8, 4) is 5.88 Å². The molecule has 0 saturated carbocycles. The van der Waals surface area contributed by atoms with E-state index in [9.17, 15) is 12.8 Å². The predicted octanol–water partition coefficient (Wildman–Crippen LogP) is 1.07. The first-order chi connectivity index (χ1) is 11.3. The van der Waals surface area contributed by atoms with Crippen LogP contribution in [0.3, 0.4) is 0 Å². The van der Waals surface area contributed by atoms with Crippen LogP contribution in [0.4, 0.5) is 4.39 Å². The maximum absolute atomic E-state index is 14.9. The molecule has 3 rings (SSSR count). The van der Waals surface area contributed by atoms with Gasteiger partial charge in [-0.3, -0.25) is 4.90 Å². The minimum Gasteiger partial charge on any atom is -0.473 e. The zero-order valence-corrected chi connectivity index (χ0v) is 15.4. The van der Waals surface area contributed by atoms with Crippen molar-refractivity contribution in [2.24, 2.45) is 5.14 Å². The number of ether oxygens (including phenoxy) is 2. The number of hydrogen-bond donors (Lipinski definition) is 1. The number of pyridine rings is 1. The molecule has 2 N–H and O–H groups in total. The van der Waals surface area contributed by atoms with Crippen LogP contribution < -0.4 is 9.88 Å². The lowest BCUT2D eigenvalue weighted by Crippen LogP contribution is -2.55. The van der Waals surface area contributed by atoms with E-state index in [1.807, 2.05) is 0 Å². The molecule has 2 fully saturated rings. The number of hydrogen-bond acceptors (Lipinski definition) is 6. The van der Waals surface area contributed by atoms with E-state index in [1.165, 1.54) is 12.3 Å². The molecular weight excluding hydrogens is 405 g/mol. The third-order valence-corrected chi connectivity index (χ3v) is 5.73. The summed E-state index contributed by atoms with van der Waals surface area (Å²) >= 11 is 3.13. The Bertz CT molecular complexity index is 706. The van der Waals surface area contributed by atoms with Crippen LogP contribution in [0.15, 0.2) is 21.6 Å². The first-order valence-corrected chi connectivity index (χ1v) is 9.93. The lowest BCUT2D eigenvalue weighted by molar-refractivity contribution is -0.0893. The molecule has 2 saturated heterocycles. The average molecular weight is 424 g/mol. The molecule has 0 radical (unpaired) electrons. The molecule has 7 nitrogen and oxygen atoms in total. The van der Waals surface area contributed by atoms with E-state index >= 15 is 0 Å². The summed E-state index contributed by atoms with van der Waals surface area (Å²) in [7, 11) is -4.01. The van der Waals surface area contributed by atoms with Crippen LogP contribution in [0, 0.1) is 0 Å². The fourth-order valence-electron chi connectivity index (χ4n) is 2.79. The highest BCUT2D eigenvalue weighted by Crippen LogP contribution is 2.31. The molecule has 0 aliphatic carbocycles. The van der Waals surface area contributed by atoms with Crippen LogP contribution in [0.5, 0.6) is 5.88 Å². The van der Waals surface area contributed by atoms with Gasteiger partial charge in [-0.1, -0.05) is 0 Å². The summed E-state index contributed by atoms with van der Waals surface area (Å²) < 4.78 is 49.2. The highest BCUT2D eigenvalue weighted by Gasteiger charge is 2.39. The van der Waals surface area contributed by atoms with Crippen molar-refractivity contribution in [3.63, 3.8) is 0 Å². The summed E-state index contributed by atoms with van der Waals surface area (Å²) in [5.74, 6) is -0.174. The van der Waals surface area contributed by atoms with Gasteiger partial charge in [0.2, 0.25) is 15.9 Å². The smallest absolute Gasteiger partial charge is 0.243 e. The first kappa shape index (κ1) is 18.0. The highest BCUT2D eigenvalue weighted by atomic mass is 79.9. The van der Waals surface area contributed by atoms with Crippen LogP contribution >= 0.6 is 15.9 Å². The third kappa shape index (κ3) is 4.05. The molecule has 0 amide bonds. The topological polar surface area (TPSA) is 94.8 Å². The number of nitrogens with zero attached hydrogens (tertiary/aromatic N) is 2. The van der Waals surface area contributed by atoms with Gasteiger partial charge in [0.05, 0.1) is 19.3 Å². The molecule has 10 heteroatoms. The second-order valence-corrected chi connectivity index (χ2v) is 8.61. The van der Waals surface area contributed by atoms with Gasteiger partial charge < -0.3 is 9.47 Å². The number of nitrogens with two attached hydrogens (primary N) is 1. The van der Waals surface area contributed by atoms with Gasteiger partial charge in [0.25, 0.3) is 0 Å². The Kier molecular flexibility index (Phi) is 5.12. The molecule has 0 bridgehead atoms. The average Bonchev–Trinajstić information content (AvgIpc) is 2.46. The fourth-order valence-corrected chi connectivity index (χ4v) is 3.92. The molecule has 0 atom stereocenters. The summed E-state index contributed by atoms with van der Waals surface area (Å²) in [5.41, 5.74) is -1.51. The molecule has 2 aliphatic heterocycles. The van der Waals surface area contributed by atoms with Crippen LogP contribution in [0.25, 0.3) is 0 Å². The van der Waals surface area contributed by atoms with Gasteiger partial charge in [0.1, 0.15) is 17.2 Å². The van der Waals surface area contributed by atoms with E-state index in [1.54, 1.807) is 0 Å². The summed E-state index contributed by atoms with van der Waals surface area (Å²) in [5, 5.41) is 5.16. The summed E-state index contributed by atoms with van der Waals surface area (Å²) in [4.78, 5) is 5.86. The van der Waals surface area contributed by atoms with Crippen molar-refractivity contribution in [2.45, 2.75) is 29.4 Å². The number of primary sulfonamides is 1. The number of sulfonamides is 1. The van der Waals surface area contributed by atoms with Crippen LogP contribution in [0.1, 0.15) is 12.8 Å². The van der Waals surface area contributed by atoms with E-state index in [0.717, 1.165) is 0 Å². The Morgan fingerprint density at radius 2 is 2.12 bits per heavy atom. The summed E-state index contributed by atoms with van der Waals surface area (Å²) in [6, 6.07) is 1.68. The second kappa shape index (κ2) is 6.83. The monoisotopic (exact) mass is 423 g/mol. The molecule has 0 spiro atoms. The Morgan fingerprint density at radius 3 is 2.67 bits per heavy atom. The zero-order valence-electron chi connectivity index (χ0n) is 13.0. The molecule has 0 aromatic carbocycles. The number of alkyl halides is 1. The normalized spacial score (nSPS) is 22.1. The molecule has 1 aromatic rings. The SMILES string of the molecule is NS(=O)(=O)c1cc(Br)cnc1OCC1(F)CCN(C2COC2)CC1. The lowest BCUT2D eigenvalue weighted by Gasteiger charge is -2.43. The number of likely N-dealkylation sites (tertiary alicyclic amines) is 1. The van der Waals surface area contributed by atoms with Gasteiger partial charge in [-0.15, -0.1) is 0 Å². The molecule has 134 valence electrons. The van der Waals surface area contributed by atoms with Gasteiger partial charge in [-0.2, -0.15) is 0 Å². The molecular formula is C14H19BrFN3O4S. The number of rotatable bonds is 5. The van der Waals surface area contributed by atoms with E-state index in [-0.39, 0.29) is 17.4 Å². The molecule has 1 aromatic heterocycles. The van der Waals surface area contributed by atoms with Crippen molar-refractivity contribution in [1.29, 1.82) is 0 Å². The van der Waals surface area contributed by atoms with Crippen molar-refractivity contribution in [1.82, 2.24) is 9.88 Å². The van der Waals surface area contributed by atoms with Gasteiger partial charge >= 0.3 is 0 Å². The quantitative estimate of drug-likeness (QED) is 0.760. The van der Waals surface area contributed by atoms with Crippen LogP contribution in [0.2, 0.25) is 0 Å². The molecule has 0 unspecified atom stereocenters. The van der Waals surface area contributed by atoms with E-state index < -0.39 is 15.7 Å². The summed E-state index contributed by atoms with van der Waals surface area (Å²) in [6.07, 6.45) is 2.03. The molecule has 3 heterocycles.